The maximum atomic E-state index is 12.6. The number of amides is 1. The molecular formula is C20H23BrN6O3. The third kappa shape index (κ3) is 4.43. The molecule has 0 aliphatic rings. The molecule has 9 nitrogen and oxygen atoms in total. The lowest BCUT2D eigenvalue weighted by Gasteiger charge is -2.09. The van der Waals surface area contributed by atoms with Crippen LogP contribution in [0.4, 0.5) is 5.69 Å². The van der Waals surface area contributed by atoms with Crippen LogP contribution in [0, 0.1) is 37.8 Å². The highest BCUT2D eigenvalue weighted by atomic mass is 79.9. The molecule has 30 heavy (non-hydrogen) atoms. The Kier molecular flexibility index (Phi) is 6.35. The Morgan fingerprint density at radius 2 is 1.83 bits per heavy atom. The molecule has 0 fully saturated rings. The highest BCUT2D eigenvalue weighted by molar-refractivity contribution is 9.10. The summed E-state index contributed by atoms with van der Waals surface area (Å²) >= 11 is 3.53. The Morgan fingerprint density at radius 1 is 1.13 bits per heavy atom. The lowest BCUT2D eigenvalue weighted by molar-refractivity contribution is -0.386. The van der Waals surface area contributed by atoms with Crippen LogP contribution in [0.15, 0.2) is 28.7 Å². The first kappa shape index (κ1) is 21.7. The first-order valence-corrected chi connectivity index (χ1v) is 10.2. The molecule has 0 aliphatic heterocycles. The van der Waals surface area contributed by atoms with Crippen molar-refractivity contribution in [1.82, 2.24) is 24.9 Å². The minimum absolute atomic E-state index is 0.0183. The van der Waals surface area contributed by atoms with E-state index in [-0.39, 0.29) is 11.6 Å². The van der Waals surface area contributed by atoms with Crippen molar-refractivity contribution in [1.29, 1.82) is 0 Å². The zero-order valence-electron chi connectivity index (χ0n) is 17.3. The summed E-state index contributed by atoms with van der Waals surface area (Å²) in [5.74, 6) is -0.206. The molecule has 0 saturated heterocycles. The average molecular weight is 475 g/mol. The van der Waals surface area contributed by atoms with Gasteiger partial charge in [0.25, 0.3) is 5.91 Å². The topological polar surface area (TPSA) is 108 Å². The highest BCUT2D eigenvalue weighted by Gasteiger charge is 2.21. The van der Waals surface area contributed by atoms with Crippen LogP contribution >= 0.6 is 15.9 Å². The van der Waals surface area contributed by atoms with Crippen LogP contribution in [0.2, 0.25) is 0 Å². The number of benzene rings is 1. The highest BCUT2D eigenvalue weighted by Crippen LogP contribution is 2.22. The molecule has 0 saturated carbocycles. The van der Waals surface area contributed by atoms with Crippen LogP contribution in [0.1, 0.15) is 38.7 Å². The molecule has 0 atom stereocenters. The molecule has 10 heteroatoms. The van der Waals surface area contributed by atoms with E-state index in [1.54, 1.807) is 24.6 Å². The van der Waals surface area contributed by atoms with Crippen molar-refractivity contribution in [3.8, 4) is 0 Å². The SMILES string of the molecule is Cc1nn(Cc2cccc(C(=O)NCCn3nc(C)c([N+](=O)[O-])c3C)c2)c(C)c1Br. The van der Waals surface area contributed by atoms with Crippen molar-refractivity contribution in [2.75, 3.05) is 6.54 Å². The van der Waals surface area contributed by atoms with Gasteiger partial charge in [0.05, 0.1) is 33.9 Å². The molecule has 3 aromatic rings. The Balaban J connectivity index is 1.64. The molecule has 0 radical (unpaired) electrons. The first-order valence-electron chi connectivity index (χ1n) is 9.44. The van der Waals surface area contributed by atoms with E-state index < -0.39 is 4.92 Å². The van der Waals surface area contributed by atoms with Crippen LogP contribution in [0.25, 0.3) is 0 Å². The van der Waals surface area contributed by atoms with E-state index in [9.17, 15) is 14.9 Å². The van der Waals surface area contributed by atoms with Gasteiger partial charge in [-0.3, -0.25) is 24.3 Å². The predicted octanol–water partition coefficient (Wildman–Crippen LogP) is 3.46. The van der Waals surface area contributed by atoms with Crippen LogP contribution in [0.3, 0.4) is 0 Å². The normalized spacial score (nSPS) is 11.0. The standard InChI is InChI=1S/C20H23BrN6O3/c1-12-18(21)14(3)26(23-12)11-16-6-5-7-17(10-16)20(28)22-8-9-25-15(4)19(27(29)30)13(2)24-25/h5-7,10H,8-9,11H2,1-4H3,(H,22,28). The number of carbonyl (C=O) groups is 1. The van der Waals surface area contributed by atoms with Crippen LogP contribution in [-0.4, -0.2) is 36.9 Å². The number of hydrogen-bond acceptors (Lipinski definition) is 5. The Morgan fingerprint density at radius 3 is 2.43 bits per heavy atom. The number of carbonyl (C=O) groups excluding carboxylic acids is 1. The second-order valence-corrected chi connectivity index (χ2v) is 7.89. The second-order valence-electron chi connectivity index (χ2n) is 7.10. The summed E-state index contributed by atoms with van der Waals surface area (Å²) in [6, 6.07) is 7.39. The van der Waals surface area contributed by atoms with Gasteiger partial charge in [-0.15, -0.1) is 0 Å². The summed E-state index contributed by atoms with van der Waals surface area (Å²) in [5.41, 5.74) is 4.33. The van der Waals surface area contributed by atoms with Crippen molar-refractivity contribution in [2.45, 2.75) is 40.8 Å². The zero-order valence-corrected chi connectivity index (χ0v) is 18.9. The molecule has 2 heterocycles. The second kappa shape index (κ2) is 8.78. The van der Waals surface area contributed by atoms with E-state index in [0.717, 1.165) is 21.4 Å². The number of nitrogens with one attached hydrogen (secondary N) is 1. The van der Waals surface area contributed by atoms with Gasteiger partial charge in [-0.1, -0.05) is 12.1 Å². The van der Waals surface area contributed by atoms with Gasteiger partial charge >= 0.3 is 5.69 Å². The largest absolute Gasteiger partial charge is 0.350 e. The van der Waals surface area contributed by atoms with E-state index in [4.69, 9.17) is 0 Å². The minimum Gasteiger partial charge on any atom is -0.350 e. The van der Waals surface area contributed by atoms with Crippen molar-refractivity contribution < 1.29 is 9.72 Å². The van der Waals surface area contributed by atoms with Crippen LogP contribution < -0.4 is 5.32 Å². The van der Waals surface area contributed by atoms with Crippen molar-refractivity contribution >= 4 is 27.5 Å². The minimum atomic E-state index is -0.431. The van der Waals surface area contributed by atoms with Gasteiger partial charge in [-0.2, -0.15) is 10.2 Å². The van der Waals surface area contributed by atoms with E-state index >= 15 is 0 Å². The van der Waals surface area contributed by atoms with Gasteiger partial charge in [0.1, 0.15) is 11.4 Å². The zero-order chi connectivity index (χ0) is 22.0. The average Bonchev–Trinajstić information content (AvgIpc) is 3.11. The Bertz CT molecular complexity index is 1120. The van der Waals surface area contributed by atoms with E-state index in [0.29, 0.717) is 36.6 Å². The smallest absolute Gasteiger partial charge is 0.312 e. The van der Waals surface area contributed by atoms with Gasteiger partial charge in [-0.05, 0) is 61.3 Å². The third-order valence-electron chi connectivity index (χ3n) is 4.95. The van der Waals surface area contributed by atoms with Crippen LogP contribution in [-0.2, 0) is 13.1 Å². The summed E-state index contributed by atoms with van der Waals surface area (Å²) in [5, 5.41) is 22.6. The van der Waals surface area contributed by atoms with Crippen molar-refractivity contribution in [3.63, 3.8) is 0 Å². The summed E-state index contributed by atoms with van der Waals surface area (Å²) < 4.78 is 4.43. The lowest BCUT2D eigenvalue weighted by Crippen LogP contribution is -2.28. The fourth-order valence-electron chi connectivity index (χ4n) is 3.36. The number of nitro groups is 1. The number of halogens is 1. The molecular weight excluding hydrogens is 452 g/mol. The molecule has 0 bridgehead atoms. The van der Waals surface area contributed by atoms with Crippen molar-refractivity contribution in [2.24, 2.45) is 0 Å². The molecule has 1 N–H and O–H groups in total. The summed E-state index contributed by atoms with van der Waals surface area (Å²) in [6.07, 6.45) is 0. The summed E-state index contributed by atoms with van der Waals surface area (Å²) in [4.78, 5) is 23.2. The van der Waals surface area contributed by atoms with Gasteiger partial charge < -0.3 is 5.32 Å². The lowest BCUT2D eigenvalue weighted by atomic mass is 10.1. The van der Waals surface area contributed by atoms with E-state index in [1.165, 1.54) is 0 Å². The monoisotopic (exact) mass is 474 g/mol. The fourth-order valence-corrected chi connectivity index (χ4v) is 3.64. The molecule has 1 amide bonds. The number of rotatable bonds is 7. The summed E-state index contributed by atoms with van der Waals surface area (Å²) in [6.45, 7) is 8.42. The van der Waals surface area contributed by atoms with Gasteiger partial charge in [0, 0.05) is 12.1 Å². The molecule has 2 aromatic heterocycles. The molecule has 3 rings (SSSR count). The van der Waals surface area contributed by atoms with Gasteiger partial charge in [-0.25, -0.2) is 0 Å². The van der Waals surface area contributed by atoms with Crippen LogP contribution in [0.5, 0.6) is 0 Å². The molecule has 0 spiro atoms. The number of hydrogen-bond donors (Lipinski definition) is 1. The fraction of sp³-hybridized carbons (Fsp3) is 0.350. The first-order chi connectivity index (χ1) is 14.2. The summed E-state index contributed by atoms with van der Waals surface area (Å²) in [7, 11) is 0. The number of nitrogens with zero attached hydrogens (tertiary/aromatic N) is 5. The maximum Gasteiger partial charge on any atom is 0.312 e. The van der Waals surface area contributed by atoms with Gasteiger partial charge in [0.2, 0.25) is 0 Å². The molecule has 1 aromatic carbocycles. The van der Waals surface area contributed by atoms with E-state index in [2.05, 4.69) is 31.4 Å². The van der Waals surface area contributed by atoms with E-state index in [1.807, 2.05) is 36.7 Å². The number of aryl methyl sites for hydroxylation is 2. The molecule has 0 unspecified atom stereocenters. The third-order valence-corrected chi connectivity index (χ3v) is 6.10. The maximum absolute atomic E-state index is 12.6. The predicted molar refractivity (Wildman–Crippen MR) is 116 cm³/mol. The van der Waals surface area contributed by atoms with Crippen molar-refractivity contribution in [3.05, 3.63) is 72.8 Å². The quantitative estimate of drug-likeness (QED) is 0.416. The molecule has 0 aliphatic carbocycles. The Labute approximate surface area is 182 Å². The molecule has 158 valence electrons. The number of aromatic nitrogens is 4. The van der Waals surface area contributed by atoms with Gasteiger partial charge in [0.15, 0.2) is 0 Å². The Hall–Kier alpha value is -3.01.